The molecule has 0 aromatic heterocycles. The lowest BCUT2D eigenvalue weighted by Gasteiger charge is -2.27. The van der Waals surface area contributed by atoms with E-state index in [1.54, 1.807) is 0 Å². The van der Waals surface area contributed by atoms with E-state index in [4.69, 9.17) is 4.99 Å². The third-order valence-electron chi connectivity index (χ3n) is 2.75. The summed E-state index contributed by atoms with van der Waals surface area (Å²) in [7, 11) is 4.21. The van der Waals surface area contributed by atoms with Crippen LogP contribution >= 0.6 is 0 Å². The highest BCUT2D eigenvalue weighted by Gasteiger charge is 2.18. The smallest absolute Gasteiger partial charge is 0.191 e. The van der Waals surface area contributed by atoms with E-state index in [1.807, 2.05) is 0 Å². The second-order valence-electron chi connectivity index (χ2n) is 6.05. The van der Waals surface area contributed by atoms with Crippen LogP contribution in [0.3, 0.4) is 0 Å². The van der Waals surface area contributed by atoms with Gasteiger partial charge in [-0.25, -0.2) is 0 Å². The maximum Gasteiger partial charge on any atom is 0.191 e. The number of guanidine groups is 1. The first-order chi connectivity index (χ1) is 8.30. The predicted molar refractivity (Wildman–Crippen MR) is 81.2 cm³/mol. The van der Waals surface area contributed by atoms with E-state index >= 15 is 0 Å². The predicted octanol–water partition coefficient (Wildman–Crippen LogP) is 1.93. The maximum atomic E-state index is 4.69. The van der Waals surface area contributed by atoms with Gasteiger partial charge in [-0.2, -0.15) is 0 Å². The molecule has 0 aromatic carbocycles. The van der Waals surface area contributed by atoms with Gasteiger partial charge in [0, 0.05) is 25.7 Å². The zero-order valence-electron chi connectivity index (χ0n) is 13.3. The first-order valence-electron chi connectivity index (χ1n) is 7.00. The van der Waals surface area contributed by atoms with Crippen LogP contribution in [0.25, 0.3) is 0 Å². The molecular formula is C14H32N4. The largest absolute Gasteiger partial charge is 0.357 e. The maximum absolute atomic E-state index is 4.69. The molecule has 4 heteroatoms. The zero-order valence-corrected chi connectivity index (χ0v) is 13.3. The molecule has 2 N–H and O–H groups in total. The van der Waals surface area contributed by atoms with E-state index in [-0.39, 0.29) is 5.41 Å². The molecule has 108 valence electrons. The molecule has 0 aromatic rings. The number of hydrogen-bond acceptors (Lipinski definition) is 2. The molecule has 18 heavy (non-hydrogen) atoms. The van der Waals surface area contributed by atoms with Gasteiger partial charge in [0.15, 0.2) is 5.96 Å². The van der Waals surface area contributed by atoms with Gasteiger partial charge in [0.1, 0.15) is 0 Å². The summed E-state index contributed by atoms with van der Waals surface area (Å²) in [5.74, 6) is 0.929. The van der Waals surface area contributed by atoms with E-state index in [0.29, 0.717) is 6.04 Å². The standard InChI is InChI=1S/C14H32N4/c1-8-12(3)17-13(15-9-2)16-10-14(4,5)11-18(6)7/h12H,8-11H2,1-7H3,(H2,15,16,17). The number of nitrogens with zero attached hydrogens (tertiary/aromatic N) is 2. The highest BCUT2D eigenvalue weighted by molar-refractivity contribution is 5.80. The van der Waals surface area contributed by atoms with E-state index in [9.17, 15) is 0 Å². The van der Waals surface area contributed by atoms with Crippen molar-refractivity contribution in [3.63, 3.8) is 0 Å². The van der Waals surface area contributed by atoms with Gasteiger partial charge in [-0.1, -0.05) is 20.8 Å². The highest BCUT2D eigenvalue weighted by atomic mass is 15.2. The normalized spacial score (nSPS) is 14.8. The van der Waals surface area contributed by atoms with Crippen LogP contribution < -0.4 is 10.6 Å². The molecule has 1 atom stereocenters. The Bertz CT molecular complexity index is 246. The molecule has 0 heterocycles. The minimum atomic E-state index is 0.196. The summed E-state index contributed by atoms with van der Waals surface area (Å²) in [5, 5.41) is 6.72. The molecule has 0 saturated carbocycles. The number of nitrogens with one attached hydrogen (secondary N) is 2. The van der Waals surface area contributed by atoms with Crippen molar-refractivity contribution < 1.29 is 0 Å². The summed E-state index contributed by atoms with van der Waals surface area (Å²) in [4.78, 5) is 6.91. The highest BCUT2D eigenvalue weighted by Crippen LogP contribution is 2.15. The molecule has 0 amide bonds. The van der Waals surface area contributed by atoms with Gasteiger partial charge in [-0.15, -0.1) is 0 Å². The van der Waals surface area contributed by atoms with Crippen molar-refractivity contribution in [2.45, 2.75) is 47.1 Å². The Balaban J connectivity index is 4.46. The van der Waals surface area contributed by atoms with Gasteiger partial charge in [-0.05, 0) is 39.8 Å². The van der Waals surface area contributed by atoms with Gasteiger partial charge in [0.25, 0.3) is 0 Å². The van der Waals surface area contributed by atoms with Crippen LogP contribution in [0.2, 0.25) is 0 Å². The first kappa shape index (κ1) is 17.2. The van der Waals surface area contributed by atoms with E-state index in [2.05, 4.69) is 64.2 Å². The van der Waals surface area contributed by atoms with E-state index < -0.39 is 0 Å². The molecule has 0 saturated heterocycles. The minimum absolute atomic E-state index is 0.196. The molecule has 0 bridgehead atoms. The van der Waals surface area contributed by atoms with Crippen molar-refractivity contribution in [1.29, 1.82) is 0 Å². The summed E-state index contributed by atoms with van der Waals surface area (Å²) in [6, 6.07) is 0.458. The SMILES string of the molecule is CCNC(=NCC(C)(C)CN(C)C)NC(C)CC. The number of rotatable bonds is 7. The van der Waals surface area contributed by atoms with Crippen molar-refractivity contribution >= 4 is 5.96 Å². The van der Waals surface area contributed by atoms with Crippen LogP contribution in [-0.2, 0) is 0 Å². The lowest BCUT2D eigenvalue weighted by molar-refractivity contribution is 0.248. The average Bonchev–Trinajstić information content (AvgIpc) is 2.24. The van der Waals surface area contributed by atoms with Crippen LogP contribution in [0, 0.1) is 5.41 Å². The fourth-order valence-electron chi connectivity index (χ4n) is 1.85. The summed E-state index contributed by atoms with van der Waals surface area (Å²) < 4.78 is 0. The monoisotopic (exact) mass is 256 g/mol. The fourth-order valence-corrected chi connectivity index (χ4v) is 1.85. The second-order valence-corrected chi connectivity index (χ2v) is 6.05. The molecule has 4 nitrogen and oxygen atoms in total. The average molecular weight is 256 g/mol. The summed E-state index contributed by atoms with van der Waals surface area (Å²) in [5.41, 5.74) is 0.196. The van der Waals surface area contributed by atoms with Crippen molar-refractivity contribution in [1.82, 2.24) is 15.5 Å². The molecule has 0 aliphatic rings. The molecular weight excluding hydrogens is 224 g/mol. The Labute approximate surface area is 113 Å². The second kappa shape index (κ2) is 8.35. The Morgan fingerprint density at radius 3 is 2.33 bits per heavy atom. The van der Waals surface area contributed by atoms with Gasteiger partial charge in [-0.3, -0.25) is 4.99 Å². The van der Waals surface area contributed by atoms with Gasteiger partial charge < -0.3 is 15.5 Å². The summed E-state index contributed by atoms with van der Waals surface area (Å²) >= 11 is 0. The molecule has 0 fully saturated rings. The molecule has 0 radical (unpaired) electrons. The van der Waals surface area contributed by atoms with Crippen molar-refractivity contribution in [2.75, 3.05) is 33.7 Å². The molecule has 0 spiro atoms. The molecule has 1 unspecified atom stereocenters. The van der Waals surface area contributed by atoms with Crippen LogP contribution in [0.15, 0.2) is 4.99 Å². The number of aliphatic imine (C=N–C) groups is 1. The van der Waals surface area contributed by atoms with Crippen molar-refractivity contribution in [2.24, 2.45) is 10.4 Å². The van der Waals surface area contributed by atoms with E-state index in [0.717, 1.165) is 32.0 Å². The lowest BCUT2D eigenvalue weighted by Crippen LogP contribution is -2.43. The van der Waals surface area contributed by atoms with Gasteiger partial charge in [0.05, 0.1) is 0 Å². The van der Waals surface area contributed by atoms with Gasteiger partial charge in [0.2, 0.25) is 0 Å². The zero-order chi connectivity index (χ0) is 14.2. The lowest BCUT2D eigenvalue weighted by atomic mass is 9.93. The molecule has 0 rings (SSSR count). The fraction of sp³-hybridized carbons (Fsp3) is 0.929. The third-order valence-corrected chi connectivity index (χ3v) is 2.75. The number of hydrogen-bond donors (Lipinski definition) is 2. The summed E-state index contributed by atoms with van der Waals surface area (Å²) in [6.45, 7) is 13.7. The third kappa shape index (κ3) is 8.34. The van der Waals surface area contributed by atoms with Crippen LogP contribution in [0.4, 0.5) is 0 Å². The molecule has 0 aliphatic carbocycles. The Morgan fingerprint density at radius 1 is 1.28 bits per heavy atom. The van der Waals surface area contributed by atoms with Crippen molar-refractivity contribution in [3.05, 3.63) is 0 Å². The van der Waals surface area contributed by atoms with Crippen LogP contribution in [-0.4, -0.2) is 50.6 Å². The quantitative estimate of drug-likeness (QED) is 0.540. The molecule has 0 aliphatic heterocycles. The van der Waals surface area contributed by atoms with E-state index in [1.165, 1.54) is 0 Å². The summed E-state index contributed by atoms with van der Waals surface area (Å²) in [6.07, 6.45) is 1.10. The Kier molecular flexibility index (Phi) is 8.00. The van der Waals surface area contributed by atoms with Gasteiger partial charge >= 0.3 is 0 Å². The minimum Gasteiger partial charge on any atom is -0.357 e. The van der Waals surface area contributed by atoms with Crippen LogP contribution in [0.1, 0.15) is 41.0 Å². The Hall–Kier alpha value is -0.770. The van der Waals surface area contributed by atoms with Crippen molar-refractivity contribution in [3.8, 4) is 0 Å². The topological polar surface area (TPSA) is 39.7 Å². The first-order valence-corrected chi connectivity index (χ1v) is 7.00. The Morgan fingerprint density at radius 2 is 1.89 bits per heavy atom. The van der Waals surface area contributed by atoms with Crippen LogP contribution in [0.5, 0.6) is 0 Å².